The normalized spacial score (nSPS) is 22.4. The third-order valence-electron chi connectivity index (χ3n) is 11.9. The molecule has 2 saturated carbocycles. The summed E-state index contributed by atoms with van der Waals surface area (Å²) >= 11 is 3.52. The highest BCUT2D eigenvalue weighted by Gasteiger charge is 2.53. The molecule has 1 spiro atoms. The smallest absolute Gasteiger partial charge is 0.251 e. The van der Waals surface area contributed by atoms with E-state index < -0.39 is 51.5 Å². The Balaban J connectivity index is 1.41. The number of aliphatic hydroxyl groups is 1. The third kappa shape index (κ3) is 10.4. The second kappa shape index (κ2) is 18.2. The molecule has 1 aromatic heterocycles. The first-order valence-electron chi connectivity index (χ1n) is 20.4. The van der Waals surface area contributed by atoms with Crippen molar-refractivity contribution in [3.05, 3.63) is 22.5 Å². The van der Waals surface area contributed by atoms with Crippen LogP contribution in [0.1, 0.15) is 144 Å². The summed E-state index contributed by atoms with van der Waals surface area (Å²) in [5.41, 5.74) is 1.29. The monoisotopic (exact) mass is 801 g/mol. The fraction of sp³-hybridized carbons (Fsp3) is 0.756. The van der Waals surface area contributed by atoms with Crippen LogP contribution in [0.4, 0.5) is 0 Å². The first kappa shape index (κ1) is 43.3. The lowest BCUT2D eigenvalue weighted by atomic mass is 9.76. The van der Waals surface area contributed by atoms with E-state index in [-0.39, 0.29) is 47.5 Å². The number of ketones is 2. The molecule has 3 heterocycles. The highest BCUT2D eigenvalue weighted by atomic mass is 32.2. The molecule has 0 bridgehead atoms. The largest absolute Gasteiger partial charge is 0.381 e. The summed E-state index contributed by atoms with van der Waals surface area (Å²) in [4.78, 5) is 87.9. The summed E-state index contributed by atoms with van der Waals surface area (Å²) in [5.74, 6) is -1.13. The van der Waals surface area contributed by atoms with E-state index >= 15 is 0 Å². The van der Waals surface area contributed by atoms with Crippen molar-refractivity contribution in [3.63, 3.8) is 0 Å². The zero-order valence-electron chi connectivity index (χ0n) is 33.8. The molecule has 0 radical (unpaired) electrons. The lowest BCUT2D eigenvalue weighted by molar-refractivity contribution is -0.145. The van der Waals surface area contributed by atoms with E-state index in [1.54, 1.807) is 28.4 Å². The van der Waals surface area contributed by atoms with Crippen LogP contribution in [0.25, 0.3) is 0 Å². The molecule has 4 fully saturated rings. The number of aromatic amines is 1. The van der Waals surface area contributed by atoms with E-state index in [1.165, 1.54) is 6.92 Å². The van der Waals surface area contributed by atoms with Gasteiger partial charge in [-0.25, -0.2) is 0 Å². The molecule has 1 aromatic rings. The molecule has 306 valence electrons. The van der Waals surface area contributed by atoms with Gasteiger partial charge in [-0.3, -0.25) is 28.8 Å². The first-order valence-corrected chi connectivity index (χ1v) is 22.3. The summed E-state index contributed by atoms with van der Waals surface area (Å²) in [6, 6.07) is -2.64. The van der Waals surface area contributed by atoms with Crippen molar-refractivity contribution in [2.24, 2.45) is 17.3 Å². The van der Waals surface area contributed by atoms with Crippen LogP contribution in [0.5, 0.6) is 0 Å². The number of nitrogens with one attached hydrogen (secondary N) is 4. The van der Waals surface area contributed by atoms with Gasteiger partial charge in [0.25, 0.3) is 5.91 Å². The highest BCUT2D eigenvalue weighted by molar-refractivity contribution is 8.18. The van der Waals surface area contributed by atoms with E-state index in [4.69, 9.17) is 0 Å². The molecule has 4 aliphatic rings. The van der Waals surface area contributed by atoms with Gasteiger partial charge in [0.05, 0.1) is 15.8 Å². The van der Waals surface area contributed by atoms with Gasteiger partial charge in [0.2, 0.25) is 17.7 Å². The Bertz CT molecular complexity index is 1610. The van der Waals surface area contributed by atoms with Gasteiger partial charge in [0.15, 0.2) is 17.7 Å². The van der Waals surface area contributed by atoms with Crippen LogP contribution in [-0.2, 0) is 19.2 Å². The molecule has 5 rings (SSSR count). The topological polar surface area (TPSA) is 178 Å². The summed E-state index contributed by atoms with van der Waals surface area (Å²) < 4.78 is -0.400. The molecular weight excluding hydrogens is 739 g/mol. The summed E-state index contributed by atoms with van der Waals surface area (Å²) in [6.07, 6.45) is 7.20. The first-order chi connectivity index (χ1) is 26.0. The number of Topliss-reactive ketones (excluding diaryl/α,β-unsaturated/α-hetero) is 2. The standard InChI is InChI=1S/C41H63N5O7S2/c1-8-13-29(34(49)38(52)43-27-16-17-27)44-37(51)30-21-41(54-18-12-19-55-41)22-46(30)39(53)35(40(5,6)7)45-36(50)28(26-14-10-9-11-15-26)20-31(48)33-32(25(4)47)23(2)24(3)42-33/h26-30,34-35,42,49H,8-22H2,1-7H3,(H,43,52)(H,44,51)(H,45,50)/t28-,29-,30-,34?,35+/m0/s1. The molecule has 0 aromatic carbocycles. The maximum Gasteiger partial charge on any atom is 0.251 e. The van der Waals surface area contributed by atoms with Crippen molar-refractivity contribution in [2.45, 2.75) is 160 Å². The van der Waals surface area contributed by atoms with E-state index in [9.17, 15) is 33.9 Å². The van der Waals surface area contributed by atoms with Gasteiger partial charge < -0.3 is 30.9 Å². The van der Waals surface area contributed by atoms with Crippen LogP contribution in [-0.4, -0.2) is 103 Å². The van der Waals surface area contributed by atoms with Crippen molar-refractivity contribution >= 4 is 58.7 Å². The lowest BCUT2D eigenvalue weighted by Crippen LogP contribution is -2.60. The maximum absolute atomic E-state index is 14.9. The van der Waals surface area contributed by atoms with Gasteiger partial charge in [-0.15, -0.1) is 23.5 Å². The predicted molar refractivity (Wildman–Crippen MR) is 217 cm³/mol. The number of hydrogen-bond donors (Lipinski definition) is 5. The zero-order valence-corrected chi connectivity index (χ0v) is 35.4. The third-order valence-corrected chi connectivity index (χ3v) is 15.2. The minimum Gasteiger partial charge on any atom is -0.381 e. The number of thioether (sulfide) groups is 2. The Morgan fingerprint density at radius 1 is 0.945 bits per heavy atom. The minimum atomic E-state index is -1.42. The van der Waals surface area contributed by atoms with Crippen LogP contribution in [0, 0.1) is 31.1 Å². The van der Waals surface area contributed by atoms with Crippen LogP contribution in [0.3, 0.4) is 0 Å². The SMILES string of the molecule is CCC[C@H](NC(=O)[C@@H]1CC2(CN1C(=O)[C@@H](NC(=O)[C@@H](CC(=O)c1[nH]c(C)c(C)c1C(C)=O)C1CCCCC1)C(C)(C)C)SCCCS2)C(O)C(=O)NC1CC1. The number of carbonyl (C=O) groups excluding carboxylic acids is 6. The number of likely N-dealkylation sites (tertiary alicyclic amines) is 1. The second-order valence-electron chi connectivity index (χ2n) is 17.4. The number of nitrogens with zero attached hydrogens (tertiary/aromatic N) is 1. The van der Waals surface area contributed by atoms with E-state index in [0.29, 0.717) is 31.4 Å². The number of aryl methyl sites for hydroxylation is 1. The van der Waals surface area contributed by atoms with Crippen molar-refractivity contribution < 1.29 is 33.9 Å². The predicted octanol–water partition coefficient (Wildman–Crippen LogP) is 5.23. The molecule has 55 heavy (non-hydrogen) atoms. The van der Waals surface area contributed by atoms with Crippen LogP contribution >= 0.6 is 23.5 Å². The number of aromatic nitrogens is 1. The van der Waals surface area contributed by atoms with E-state index in [0.717, 1.165) is 74.1 Å². The van der Waals surface area contributed by atoms with Gasteiger partial charge in [-0.2, -0.15) is 0 Å². The molecule has 2 aliphatic heterocycles. The van der Waals surface area contributed by atoms with Gasteiger partial charge in [0, 0.05) is 42.6 Å². The highest BCUT2D eigenvalue weighted by Crippen LogP contribution is 2.51. The van der Waals surface area contributed by atoms with Crippen LogP contribution in [0.2, 0.25) is 0 Å². The summed E-state index contributed by atoms with van der Waals surface area (Å²) in [6.45, 7) is 13.0. The molecule has 12 nitrogen and oxygen atoms in total. The molecular formula is C41H63N5O7S2. The van der Waals surface area contributed by atoms with Crippen LogP contribution < -0.4 is 16.0 Å². The quantitative estimate of drug-likeness (QED) is 0.149. The maximum atomic E-state index is 14.9. The Morgan fingerprint density at radius 3 is 2.18 bits per heavy atom. The number of H-pyrrole nitrogens is 1. The van der Waals surface area contributed by atoms with Crippen LogP contribution in [0.15, 0.2) is 0 Å². The average molecular weight is 802 g/mol. The fourth-order valence-corrected chi connectivity index (χ4v) is 11.8. The van der Waals surface area contributed by atoms with Crippen molar-refractivity contribution in [3.8, 4) is 0 Å². The van der Waals surface area contributed by atoms with Gasteiger partial charge in [-0.1, -0.05) is 53.4 Å². The van der Waals surface area contributed by atoms with Gasteiger partial charge >= 0.3 is 0 Å². The van der Waals surface area contributed by atoms with Gasteiger partial charge in [0.1, 0.15) is 12.1 Å². The average Bonchev–Trinajstić information content (AvgIpc) is 3.81. The van der Waals surface area contributed by atoms with Crippen molar-refractivity contribution in [1.29, 1.82) is 0 Å². The fourth-order valence-electron chi connectivity index (χ4n) is 8.47. The van der Waals surface area contributed by atoms with Crippen molar-refractivity contribution in [2.75, 3.05) is 18.1 Å². The number of aliphatic hydroxyl groups excluding tert-OH is 1. The number of hydrogen-bond acceptors (Lipinski definition) is 9. The molecule has 14 heteroatoms. The molecule has 1 unspecified atom stereocenters. The second-order valence-corrected chi connectivity index (χ2v) is 20.6. The zero-order chi connectivity index (χ0) is 40.2. The van der Waals surface area contributed by atoms with E-state index in [2.05, 4.69) is 20.9 Å². The minimum absolute atomic E-state index is 0.0588. The Morgan fingerprint density at radius 2 is 1.60 bits per heavy atom. The van der Waals surface area contributed by atoms with Gasteiger partial charge in [-0.05, 0) is 87.7 Å². The molecule has 4 amide bonds. The summed E-state index contributed by atoms with van der Waals surface area (Å²) in [5, 5.41) is 19.9. The summed E-state index contributed by atoms with van der Waals surface area (Å²) in [7, 11) is 0. The Labute approximate surface area is 335 Å². The Hall–Kier alpha value is -2.84. The number of carbonyl (C=O) groups is 6. The molecule has 5 N–H and O–H groups in total. The van der Waals surface area contributed by atoms with E-state index in [1.807, 2.05) is 41.5 Å². The number of rotatable bonds is 15. The molecule has 2 aliphatic carbocycles. The lowest BCUT2D eigenvalue weighted by Gasteiger charge is -2.38. The molecule has 2 saturated heterocycles. The Kier molecular flexibility index (Phi) is 14.3. The molecule has 5 atom stereocenters. The number of amides is 4. The van der Waals surface area contributed by atoms with Crippen molar-refractivity contribution in [1.82, 2.24) is 25.8 Å².